The van der Waals surface area contributed by atoms with Gasteiger partial charge in [-0.3, -0.25) is 4.79 Å². The zero-order valence-electron chi connectivity index (χ0n) is 17.6. The number of esters is 1. The quantitative estimate of drug-likeness (QED) is 0.539. The Morgan fingerprint density at radius 2 is 1.83 bits per heavy atom. The highest BCUT2D eigenvalue weighted by molar-refractivity contribution is 8.14. The van der Waals surface area contributed by atoms with E-state index in [1.807, 2.05) is 27.7 Å². The molecule has 1 aromatic carbocycles. The van der Waals surface area contributed by atoms with Crippen molar-refractivity contribution in [2.45, 2.75) is 53.4 Å². The smallest absolute Gasteiger partial charge is 0.336 e. The lowest BCUT2D eigenvalue weighted by Gasteiger charge is -2.32. The van der Waals surface area contributed by atoms with Gasteiger partial charge in [0.25, 0.3) is 0 Å². The number of nitrogens with one attached hydrogen (secondary N) is 1. The van der Waals surface area contributed by atoms with Gasteiger partial charge < -0.3 is 10.1 Å². The second-order valence-electron chi connectivity index (χ2n) is 6.84. The fourth-order valence-corrected chi connectivity index (χ4v) is 4.22. The summed E-state index contributed by atoms with van der Waals surface area (Å²) >= 11 is 1.23. The van der Waals surface area contributed by atoms with Crippen molar-refractivity contribution >= 4 is 28.5 Å². The average molecular weight is 420 g/mol. The summed E-state index contributed by atoms with van der Waals surface area (Å²) in [6.07, 6.45) is 2.67. The van der Waals surface area contributed by atoms with E-state index in [9.17, 15) is 14.0 Å². The van der Waals surface area contributed by atoms with E-state index in [-0.39, 0.29) is 11.7 Å². The molecule has 1 aromatic rings. The molecule has 0 saturated heterocycles. The van der Waals surface area contributed by atoms with Gasteiger partial charge in [0.15, 0.2) is 0 Å². The van der Waals surface area contributed by atoms with Crippen LogP contribution in [0.25, 0.3) is 5.70 Å². The Labute approximate surface area is 177 Å². The van der Waals surface area contributed by atoms with Crippen LogP contribution in [0.1, 0.15) is 58.9 Å². The van der Waals surface area contributed by atoms with Gasteiger partial charge in [0.1, 0.15) is 5.82 Å². The van der Waals surface area contributed by atoms with Crippen molar-refractivity contribution in [1.29, 1.82) is 0 Å². The third-order valence-electron chi connectivity index (χ3n) is 4.79. The summed E-state index contributed by atoms with van der Waals surface area (Å²) < 4.78 is 20.1. The molecule has 0 aromatic heterocycles. The van der Waals surface area contributed by atoms with Gasteiger partial charge in [-0.15, -0.1) is 0 Å². The molecular formula is C23H30FNO3S. The van der Waals surface area contributed by atoms with E-state index in [4.69, 9.17) is 4.74 Å². The first kappa shape index (κ1) is 23.2. The molecule has 158 valence electrons. The Balaban J connectivity index is 2.70. The molecule has 0 fully saturated rings. The van der Waals surface area contributed by atoms with Crippen molar-refractivity contribution in [3.05, 3.63) is 52.5 Å². The van der Waals surface area contributed by atoms with Crippen LogP contribution in [0.5, 0.6) is 0 Å². The van der Waals surface area contributed by atoms with E-state index in [0.29, 0.717) is 47.4 Å². The Morgan fingerprint density at radius 3 is 2.41 bits per heavy atom. The van der Waals surface area contributed by atoms with Crippen molar-refractivity contribution < 1.29 is 18.7 Å². The second kappa shape index (κ2) is 11.2. The van der Waals surface area contributed by atoms with Crippen LogP contribution in [-0.4, -0.2) is 23.4 Å². The summed E-state index contributed by atoms with van der Waals surface area (Å²) in [5.41, 5.74) is 2.45. The van der Waals surface area contributed by atoms with Gasteiger partial charge in [0.2, 0.25) is 5.12 Å². The molecule has 4 nitrogen and oxygen atoms in total. The molecule has 6 heteroatoms. The number of dihydropyridines is 1. The molecule has 1 aliphatic heterocycles. The summed E-state index contributed by atoms with van der Waals surface area (Å²) in [6.45, 7) is 8.10. The SMILES string of the molecule is CCCOC(=O)C1=C(c2ccccc2F)NC(CC)=C(C(=O)SCC)C1CCC. The van der Waals surface area contributed by atoms with Gasteiger partial charge in [0.05, 0.1) is 17.9 Å². The molecule has 29 heavy (non-hydrogen) atoms. The zero-order valence-corrected chi connectivity index (χ0v) is 18.5. The molecule has 1 atom stereocenters. The monoisotopic (exact) mass is 419 g/mol. The van der Waals surface area contributed by atoms with Gasteiger partial charge in [-0.2, -0.15) is 0 Å². The number of carbonyl (C=O) groups is 2. The Kier molecular flexibility index (Phi) is 8.96. The maximum absolute atomic E-state index is 14.7. The summed E-state index contributed by atoms with van der Waals surface area (Å²) in [5.74, 6) is -0.670. The van der Waals surface area contributed by atoms with E-state index < -0.39 is 17.7 Å². The fourth-order valence-electron chi connectivity index (χ4n) is 3.54. The number of hydrogen-bond donors (Lipinski definition) is 1. The van der Waals surface area contributed by atoms with Crippen molar-refractivity contribution in [1.82, 2.24) is 5.32 Å². The van der Waals surface area contributed by atoms with Crippen molar-refractivity contribution in [3.8, 4) is 0 Å². The predicted octanol–water partition coefficient (Wildman–Crippen LogP) is 5.45. The minimum absolute atomic E-state index is 0.0383. The lowest BCUT2D eigenvalue weighted by molar-refractivity contribution is -0.139. The summed E-state index contributed by atoms with van der Waals surface area (Å²) in [4.78, 5) is 26.0. The molecular weight excluding hydrogens is 389 g/mol. The topological polar surface area (TPSA) is 55.4 Å². The number of ether oxygens (including phenoxy) is 1. The van der Waals surface area contributed by atoms with Crippen molar-refractivity contribution in [2.24, 2.45) is 5.92 Å². The maximum atomic E-state index is 14.7. The lowest BCUT2D eigenvalue weighted by atomic mass is 9.81. The molecule has 0 bridgehead atoms. The largest absolute Gasteiger partial charge is 0.462 e. The number of hydrogen-bond acceptors (Lipinski definition) is 5. The highest BCUT2D eigenvalue weighted by Crippen LogP contribution is 2.40. The zero-order chi connectivity index (χ0) is 21.4. The van der Waals surface area contributed by atoms with E-state index >= 15 is 0 Å². The number of allylic oxidation sites excluding steroid dienone is 1. The van der Waals surface area contributed by atoms with Crippen LogP contribution in [0.15, 0.2) is 41.1 Å². The van der Waals surface area contributed by atoms with Gasteiger partial charge in [-0.25, -0.2) is 9.18 Å². The van der Waals surface area contributed by atoms with Gasteiger partial charge in [0, 0.05) is 22.8 Å². The molecule has 0 spiro atoms. The maximum Gasteiger partial charge on any atom is 0.336 e. The van der Waals surface area contributed by atoms with Crippen molar-refractivity contribution in [2.75, 3.05) is 12.4 Å². The van der Waals surface area contributed by atoms with Crippen LogP contribution in [0, 0.1) is 11.7 Å². The normalized spacial score (nSPS) is 16.7. The average Bonchev–Trinajstić information content (AvgIpc) is 2.71. The minimum atomic E-state index is -0.488. The van der Waals surface area contributed by atoms with Crippen LogP contribution >= 0.6 is 11.8 Å². The van der Waals surface area contributed by atoms with Gasteiger partial charge in [-0.05, 0) is 37.1 Å². The molecule has 1 N–H and O–H groups in total. The molecule has 1 aliphatic rings. The third kappa shape index (κ3) is 5.30. The number of carbonyl (C=O) groups excluding carboxylic acids is 2. The van der Waals surface area contributed by atoms with E-state index in [2.05, 4.69) is 5.32 Å². The molecule has 0 saturated carbocycles. The lowest BCUT2D eigenvalue weighted by Crippen LogP contribution is -2.33. The summed E-state index contributed by atoms with van der Waals surface area (Å²) in [5, 5.41) is 3.19. The van der Waals surface area contributed by atoms with Crippen LogP contribution < -0.4 is 5.32 Å². The highest BCUT2D eigenvalue weighted by atomic mass is 32.2. The first-order chi connectivity index (χ1) is 14.0. The summed E-state index contributed by atoms with van der Waals surface area (Å²) in [6, 6.07) is 6.37. The van der Waals surface area contributed by atoms with Crippen LogP contribution in [-0.2, 0) is 14.3 Å². The van der Waals surface area contributed by atoms with Crippen LogP contribution in [0.3, 0.4) is 0 Å². The Hall–Kier alpha value is -2.08. The minimum Gasteiger partial charge on any atom is -0.462 e. The number of thioether (sulfide) groups is 1. The van der Waals surface area contributed by atoms with Crippen molar-refractivity contribution in [3.63, 3.8) is 0 Å². The van der Waals surface area contributed by atoms with Crippen LogP contribution in [0.4, 0.5) is 4.39 Å². The molecule has 1 heterocycles. The van der Waals surface area contributed by atoms with Gasteiger partial charge >= 0.3 is 5.97 Å². The van der Waals surface area contributed by atoms with E-state index in [1.54, 1.807) is 18.2 Å². The standard InChI is InChI=1S/C23H30FNO3S/c1-5-11-16-19(23(27)29-8-4)18(7-3)25-21(15-12-9-10-13-17(15)24)20(16)22(26)28-14-6-2/h9-10,12-13,16,25H,5-8,11,14H2,1-4H3. The van der Waals surface area contributed by atoms with Crippen LogP contribution in [0.2, 0.25) is 0 Å². The first-order valence-corrected chi connectivity index (χ1v) is 11.3. The molecule has 2 rings (SSSR count). The summed E-state index contributed by atoms with van der Waals surface area (Å²) in [7, 11) is 0. The molecule has 0 aliphatic carbocycles. The molecule has 0 radical (unpaired) electrons. The molecule has 0 amide bonds. The number of benzene rings is 1. The number of rotatable bonds is 9. The Bertz CT molecular complexity index is 816. The predicted molar refractivity (Wildman–Crippen MR) is 117 cm³/mol. The molecule has 1 unspecified atom stereocenters. The van der Waals surface area contributed by atoms with Gasteiger partial charge in [-0.1, -0.05) is 58.0 Å². The third-order valence-corrected chi connectivity index (χ3v) is 5.56. The van der Waals surface area contributed by atoms with E-state index in [0.717, 1.165) is 12.1 Å². The number of halogens is 1. The second-order valence-corrected chi connectivity index (χ2v) is 8.07. The Morgan fingerprint density at radius 1 is 1.10 bits per heavy atom. The van der Waals surface area contributed by atoms with E-state index in [1.165, 1.54) is 17.8 Å². The highest BCUT2D eigenvalue weighted by Gasteiger charge is 2.38. The fraction of sp³-hybridized carbons (Fsp3) is 0.478. The first-order valence-electron chi connectivity index (χ1n) is 10.3.